The van der Waals surface area contributed by atoms with Gasteiger partial charge in [-0.1, -0.05) is 18.2 Å². The molecule has 3 nitrogen and oxygen atoms in total. The number of thiazole rings is 1. The van der Waals surface area contributed by atoms with Gasteiger partial charge in [-0.05, 0) is 32.4 Å². The Morgan fingerprint density at radius 2 is 2.35 bits per heavy atom. The second-order valence-corrected chi connectivity index (χ2v) is 6.16. The third kappa shape index (κ3) is 2.72. The number of likely N-dealkylation sites (N-methyl/N-ethyl adjacent to an activating group) is 1. The molecule has 0 fully saturated rings. The molecule has 20 heavy (non-hydrogen) atoms. The quantitative estimate of drug-likeness (QED) is 0.937. The molecule has 0 spiro atoms. The van der Waals surface area contributed by atoms with E-state index < -0.39 is 0 Å². The van der Waals surface area contributed by atoms with Gasteiger partial charge >= 0.3 is 0 Å². The molecule has 0 radical (unpaired) electrons. The third-order valence-corrected chi connectivity index (χ3v) is 4.72. The lowest BCUT2D eigenvalue weighted by Crippen LogP contribution is -2.21. The van der Waals surface area contributed by atoms with Crippen molar-refractivity contribution < 1.29 is 4.74 Å². The zero-order valence-corrected chi connectivity index (χ0v) is 12.8. The van der Waals surface area contributed by atoms with Crippen LogP contribution in [0.5, 0.6) is 5.75 Å². The number of nitrogens with zero attached hydrogens (tertiary/aromatic N) is 1. The fourth-order valence-corrected chi connectivity index (χ4v) is 3.55. The maximum atomic E-state index is 5.92. The van der Waals surface area contributed by atoms with E-state index in [-0.39, 0.29) is 6.04 Å². The molecule has 106 valence electrons. The first-order chi connectivity index (χ1) is 9.78. The number of nitrogens with one attached hydrogen (secondary N) is 1. The molecular weight excluding hydrogens is 268 g/mol. The van der Waals surface area contributed by atoms with Gasteiger partial charge in [0.1, 0.15) is 5.75 Å². The molecule has 2 heterocycles. The van der Waals surface area contributed by atoms with E-state index in [2.05, 4.69) is 33.9 Å². The molecule has 1 N–H and O–H groups in total. The molecule has 1 aromatic carbocycles. The van der Waals surface area contributed by atoms with Crippen molar-refractivity contribution in [1.82, 2.24) is 10.3 Å². The normalized spacial score (nSPS) is 15.5. The van der Waals surface area contributed by atoms with Crippen LogP contribution < -0.4 is 10.1 Å². The van der Waals surface area contributed by atoms with Crippen molar-refractivity contribution in [3.63, 3.8) is 0 Å². The third-order valence-electron chi connectivity index (χ3n) is 3.73. The molecule has 0 saturated carbocycles. The van der Waals surface area contributed by atoms with Crippen molar-refractivity contribution in [2.45, 2.75) is 32.2 Å². The maximum absolute atomic E-state index is 5.92. The molecule has 1 atom stereocenters. The smallest absolute Gasteiger partial charge is 0.127 e. The highest BCUT2D eigenvalue weighted by atomic mass is 32.1. The largest absolute Gasteiger partial charge is 0.493 e. The van der Waals surface area contributed by atoms with Gasteiger partial charge in [0.05, 0.1) is 11.6 Å². The molecule has 2 aromatic rings. The Hall–Kier alpha value is -1.39. The molecule has 3 rings (SSSR count). The van der Waals surface area contributed by atoms with Gasteiger partial charge in [-0.15, -0.1) is 11.3 Å². The Kier molecular flexibility index (Phi) is 4.03. The molecule has 0 bridgehead atoms. The van der Waals surface area contributed by atoms with E-state index in [1.165, 1.54) is 16.1 Å². The van der Waals surface area contributed by atoms with Crippen molar-refractivity contribution in [3.8, 4) is 5.75 Å². The summed E-state index contributed by atoms with van der Waals surface area (Å²) in [5.74, 6) is 1.09. The number of benzene rings is 1. The average molecular weight is 288 g/mol. The Labute approximate surface area is 124 Å². The SMILES string of the molecule is CNC(Cc1nc(C)cs1)c1cccc2c1OCCC2. The van der Waals surface area contributed by atoms with E-state index in [4.69, 9.17) is 4.74 Å². The molecule has 0 saturated heterocycles. The summed E-state index contributed by atoms with van der Waals surface area (Å²) in [4.78, 5) is 4.57. The number of fused-ring (bicyclic) bond motifs is 1. The zero-order chi connectivity index (χ0) is 13.9. The minimum Gasteiger partial charge on any atom is -0.493 e. The van der Waals surface area contributed by atoms with Crippen molar-refractivity contribution in [2.24, 2.45) is 0 Å². The van der Waals surface area contributed by atoms with Crippen LogP contribution in [0.3, 0.4) is 0 Å². The number of ether oxygens (including phenoxy) is 1. The van der Waals surface area contributed by atoms with Gasteiger partial charge in [-0.25, -0.2) is 4.98 Å². The number of para-hydroxylation sites is 1. The Morgan fingerprint density at radius 1 is 1.45 bits per heavy atom. The molecule has 1 unspecified atom stereocenters. The highest BCUT2D eigenvalue weighted by Crippen LogP contribution is 2.34. The molecule has 4 heteroatoms. The van der Waals surface area contributed by atoms with Crippen molar-refractivity contribution in [2.75, 3.05) is 13.7 Å². The van der Waals surface area contributed by atoms with Gasteiger partial charge in [-0.3, -0.25) is 0 Å². The Morgan fingerprint density at radius 3 is 3.10 bits per heavy atom. The van der Waals surface area contributed by atoms with Crippen LogP contribution in [0.15, 0.2) is 23.6 Å². The molecule has 1 aliphatic rings. The first-order valence-corrected chi connectivity index (χ1v) is 7.98. The van der Waals surface area contributed by atoms with Gasteiger partial charge in [0, 0.05) is 29.1 Å². The highest BCUT2D eigenvalue weighted by molar-refractivity contribution is 7.09. The zero-order valence-electron chi connectivity index (χ0n) is 12.0. The number of aromatic nitrogens is 1. The minimum absolute atomic E-state index is 0.258. The molecule has 0 aliphatic carbocycles. The average Bonchev–Trinajstić information content (AvgIpc) is 2.89. The van der Waals surface area contributed by atoms with Crippen LogP contribution >= 0.6 is 11.3 Å². The van der Waals surface area contributed by atoms with Gasteiger partial charge < -0.3 is 10.1 Å². The molecular formula is C16H20N2OS. The maximum Gasteiger partial charge on any atom is 0.127 e. The summed E-state index contributed by atoms with van der Waals surface area (Å²) in [6.45, 7) is 2.87. The van der Waals surface area contributed by atoms with Crippen molar-refractivity contribution in [1.29, 1.82) is 0 Å². The second kappa shape index (κ2) is 5.94. The van der Waals surface area contributed by atoms with Crippen LogP contribution in [0.4, 0.5) is 0 Å². The van der Waals surface area contributed by atoms with Gasteiger partial charge in [0.25, 0.3) is 0 Å². The van der Waals surface area contributed by atoms with Crippen LogP contribution in [0, 0.1) is 6.92 Å². The van der Waals surface area contributed by atoms with Crippen LogP contribution in [-0.2, 0) is 12.8 Å². The lowest BCUT2D eigenvalue weighted by atomic mass is 9.96. The van der Waals surface area contributed by atoms with E-state index in [0.29, 0.717) is 0 Å². The Balaban J connectivity index is 1.89. The van der Waals surface area contributed by atoms with Crippen LogP contribution in [-0.4, -0.2) is 18.6 Å². The fraction of sp³-hybridized carbons (Fsp3) is 0.438. The van der Waals surface area contributed by atoms with Crippen molar-refractivity contribution in [3.05, 3.63) is 45.4 Å². The van der Waals surface area contributed by atoms with E-state index in [1.54, 1.807) is 11.3 Å². The summed E-state index contributed by atoms with van der Waals surface area (Å²) in [6, 6.07) is 6.75. The van der Waals surface area contributed by atoms with Crippen molar-refractivity contribution >= 4 is 11.3 Å². The van der Waals surface area contributed by atoms with Crippen LogP contribution in [0.25, 0.3) is 0 Å². The standard InChI is InChI=1S/C16H20N2OS/c1-11-10-20-15(18-11)9-14(17-2)13-7-3-5-12-6-4-8-19-16(12)13/h3,5,7,10,14,17H,4,6,8-9H2,1-2H3. The lowest BCUT2D eigenvalue weighted by Gasteiger charge is -2.24. The summed E-state index contributed by atoms with van der Waals surface area (Å²) in [7, 11) is 2.01. The van der Waals surface area contributed by atoms with Gasteiger partial charge in [-0.2, -0.15) is 0 Å². The fourth-order valence-electron chi connectivity index (χ4n) is 2.73. The number of rotatable bonds is 4. The van der Waals surface area contributed by atoms with E-state index in [9.17, 15) is 0 Å². The summed E-state index contributed by atoms with van der Waals surface area (Å²) < 4.78 is 5.92. The first kappa shape index (κ1) is 13.6. The summed E-state index contributed by atoms with van der Waals surface area (Å²) in [6.07, 6.45) is 3.15. The highest BCUT2D eigenvalue weighted by Gasteiger charge is 2.21. The van der Waals surface area contributed by atoms with E-state index in [1.807, 2.05) is 14.0 Å². The summed E-state index contributed by atoms with van der Waals surface area (Å²) in [5.41, 5.74) is 3.70. The topological polar surface area (TPSA) is 34.2 Å². The molecule has 0 amide bonds. The van der Waals surface area contributed by atoms with Gasteiger partial charge in [0.15, 0.2) is 0 Å². The summed E-state index contributed by atoms with van der Waals surface area (Å²) >= 11 is 1.73. The predicted molar refractivity (Wildman–Crippen MR) is 82.6 cm³/mol. The van der Waals surface area contributed by atoms with Crippen LogP contribution in [0.2, 0.25) is 0 Å². The molecule has 1 aliphatic heterocycles. The monoisotopic (exact) mass is 288 g/mol. The first-order valence-electron chi connectivity index (χ1n) is 7.11. The summed E-state index contributed by atoms with van der Waals surface area (Å²) in [5, 5.41) is 6.70. The minimum atomic E-state index is 0.258. The number of hydrogen-bond acceptors (Lipinski definition) is 4. The van der Waals surface area contributed by atoms with Gasteiger partial charge in [0.2, 0.25) is 0 Å². The number of hydrogen-bond donors (Lipinski definition) is 1. The number of aryl methyl sites for hydroxylation is 2. The Bertz CT molecular complexity index is 594. The van der Waals surface area contributed by atoms with Crippen LogP contribution in [0.1, 0.15) is 34.3 Å². The molecule has 1 aromatic heterocycles. The van der Waals surface area contributed by atoms with E-state index >= 15 is 0 Å². The predicted octanol–water partition coefficient (Wildman–Crippen LogP) is 3.28. The van der Waals surface area contributed by atoms with E-state index in [0.717, 1.165) is 37.3 Å². The lowest BCUT2D eigenvalue weighted by molar-refractivity contribution is 0.282. The second-order valence-electron chi connectivity index (χ2n) is 5.22.